The number of nitrogens with zero attached hydrogens (tertiary/aromatic N) is 1. The van der Waals surface area contributed by atoms with E-state index >= 15 is 0 Å². The Morgan fingerprint density at radius 1 is 1.07 bits per heavy atom. The van der Waals surface area contributed by atoms with E-state index in [-0.39, 0.29) is 29.8 Å². The highest BCUT2D eigenvalue weighted by Crippen LogP contribution is 2.65. The van der Waals surface area contributed by atoms with Crippen LogP contribution in [0.25, 0.3) is 0 Å². The molecule has 0 spiro atoms. The number of fused-ring (bicyclic) bond motifs is 1. The second-order valence-electron chi connectivity index (χ2n) is 15.3. The Hall–Kier alpha value is -3.18. The number of hydrogen-bond acceptors (Lipinski definition) is 6. The number of nitrogens with two attached hydrogens (primary N) is 1. The molecule has 3 fully saturated rings. The number of urea groups is 1. The second kappa shape index (κ2) is 12.7. The summed E-state index contributed by atoms with van der Waals surface area (Å²) in [6, 6.07) is 6.72. The van der Waals surface area contributed by atoms with Crippen LogP contribution in [-0.4, -0.2) is 76.7 Å². The Morgan fingerprint density at radius 3 is 2.27 bits per heavy atom. The van der Waals surface area contributed by atoms with E-state index in [1.54, 1.807) is 4.90 Å². The first kappa shape index (κ1) is 33.7. The Kier molecular flexibility index (Phi) is 9.71. The Labute approximate surface area is 261 Å². The van der Waals surface area contributed by atoms with Gasteiger partial charge in [0.15, 0.2) is 6.10 Å². The fraction of sp³-hybridized carbons (Fsp3) is 0.697. The maximum absolute atomic E-state index is 14.2. The van der Waals surface area contributed by atoms with Crippen molar-refractivity contribution in [1.82, 2.24) is 20.9 Å². The van der Waals surface area contributed by atoms with Crippen LogP contribution in [0, 0.1) is 28.6 Å². The highest BCUT2D eigenvalue weighted by Gasteiger charge is 2.70. The average Bonchev–Trinajstić information content (AvgIpc) is 3.77. The molecule has 1 aliphatic heterocycles. The van der Waals surface area contributed by atoms with Crippen molar-refractivity contribution in [2.45, 2.75) is 104 Å². The van der Waals surface area contributed by atoms with E-state index in [0.717, 1.165) is 18.4 Å². The molecule has 1 aromatic carbocycles. The SMILES string of the molecule is CC(C)(COCc1ccccc1)NC(=O)N[C@H](C(=O)N1CC2C([C@H]1C(=O)NC(CC1CC1)C(O)C(N)=O)C2(C)C)C(C)(C)C. The van der Waals surface area contributed by atoms with Crippen LogP contribution in [0.3, 0.4) is 0 Å². The molecule has 1 heterocycles. The molecule has 2 aliphatic carbocycles. The number of aliphatic hydroxyl groups is 1. The number of carbonyl (C=O) groups excluding carboxylic acids is 4. The van der Waals surface area contributed by atoms with Crippen molar-refractivity contribution in [1.29, 1.82) is 0 Å². The van der Waals surface area contributed by atoms with E-state index in [1.165, 1.54) is 0 Å². The lowest BCUT2D eigenvalue weighted by atomic mass is 9.85. The molecule has 0 bridgehead atoms. The zero-order valence-electron chi connectivity index (χ0n) is 27.2. The predicted molar refractivity (Wildman–Crippen MR) is 166 cm³/mol. The van der Waals surface area contributed by atoms with Crippen LogP contribution in [-0.2, 0) is 25.7 Å². The van der Waals surface area contributed by atoms with E-state index < -0.39 is 53.0 Å². The number of ether oxygens (including phenoxy) is 1. The lowest BCUT2D eigenvalue weighted by Gasteiger charge is -2.38. The molecule has 1 saturated heterocycles. The van der Waals surface area contributed by atoms with Gasteiger partial charge in [0.2, 0.25) is 17.7 Å². The van der Waals surface area contributed by atoms with Gasteiger partial charge in [0.05, 0.1) is 24.8 Å². The number of primary amides is 1. The molecule has 6 N–H and O–H groups in total. The number of piperidine rings is 1. The molecule has 0 radical (unpaired) electrons. The minimum absolute atomic E-state index is 0.0751. The molecule has 2 saturated carbocycles. The Morgan fingerprint density at radius 2 is 1.70 bits per heavy atom. The third-order valence-electron chi connectivity index (χ3n) is 9.46. The Balaban J connectivity index is 1.44. The van der Waals surface area contributed by atoms with Crippen molar-refractivity contribution in [2.75, 3.05) is 13.2 Å². The summed E-state index contributed by atoms with van der Waals surface area (Å²) in [7, 11) is 0. The third kappa shape index (κ3) is 7.90. The highest BCUT2D eigenvalue weighted by atomic mass is 16.5. The zero-order valence-corrected chi connectivity index (χ0v) is 27.2. The van der Waals surface area contributed by atoms with Gasteiger partial charge in [-0.15, -0.1) is 0 Å². The fourth-order valence-corrected chi connectivity index (χ4v) is 6.58. The van der Waals surface area contributed by atoms with Crippen molar-refractivity contribution in [3.63, 3.8) is 0 Å². The molecule has 11 nitrogen and oxygen atoms in total. The number of benzene rings is 1. The smallest absolute Gasteiger partial charge is 0.315 e. The molecule has 4 rings (SSSR count). The van der Waals surface area contributed by atoms with Gasteiger partial charge >= 0.3 is 6.03 Å². The van der Waals surface area contributed by atoms with Crippen LogP contribution in [0.4, 0.5) is 4.79 Å². The topological polar surface area (TPSA) is 163 Å². The number of nitrogens with one attached hydrogen (secondary N) is 3. The first-order valence-corrected chi connectivity index (χ1v) is 15.7. The van der Waals surface area contributed by atoms with Crippen LogP contribution in [0.1, 0.15) is 73.3 Å². The predicted octanol–water partition coefficient (Wildman–Crippen LogP) is 2.31. The quantitative estimate of drug-likeness (QED) is 0.229. The van der Waals surface area contributed by atoms with Gasteiger partial charge in [0, 0.05) is 6.54 Å². The first-order valence-electron chi connectivity index (χ1n) is 15.7. The Bertz CT molecular complexity index is 1220. The summed E-state index contributed by atoms with van der Waals surface area (Å²) in [5, 5.41) is 19.2. The van der Waals surface area contributed by atoms with E-state index in [0.29, 0.717) is 25.5 Å². The van der Waals surface area contributed by atoms with Crippen molar-refractivity contribution >= 4 is 23.8 Å². The first-order chi connectivity index (χ1) is 20.4. The molecule has 44 heavy (non-hydrogen) atoms. The zero-order chi connectivity index (χ0) is 32.6. The van der Waals surface area contributed by atoms with Crippen LogP contribution < -0.4 is 21.7 Å². The van der Waals surface area contributed by atoms with E-state index in [1.807, 2.05) is 65.0 Å². The number of aliphatic hydroxyl groups excluding tert-OH is 1. The number of likely N-dealkylation sites (tertiary alicyclic amines) is 1. The summed E-state index contributed by atoms with van der Waals surface area (Å²) in [5.41, 5.74) is 4.89. The van der Waals surface area contributed by atoms with Gasteiger partial charge in [-0.25, -0.2) is 4.79 Å². The average molecular weight is 614 g/mol. The summed E-state index contributed by atoms with van der Waals surface area (Å²) >= 11 is 0. The van der Waals surface area contributed by atoms with Crippen molar-refractivity contribution < 1.29 is 29.0 Å². The van der Waals surface area contributed by atoms with Gasteiger partial charge in [-0.2, -0.15) is 0 Å². The number of amides is 5. The van der Waals surface area contributed by atoms with Crippen molar-refractivity contribution in [3.8, 4) is 0 Å². The van der Waals surface area contributed by atoms with Gasteiger partial charge in [-0.1, -0.05) is 77.8 Å². The number of carbonyl (C=O) groups is 4. The normalized spacial score (nSPS) is 24.5. The maximum Gasteiger partial charge on any atom is 0.315 e. The number of hydrogen-bond donors (Lipinski definition) is 5. The second-order valence-corrected chi connectivity index (χ2v) is 15.3. The van der Waals surface area contributed by atoms with Gasteiger partial charge in [-0.05, 0) is 54.4 Å². The maximum atomic E-state index is 14.2. The molecule has 5 amide bonds. The largest absolute Gasteiger partial charge is 0.381 e. The molecule has 244 valence electrons. The van der Waals surface area contributed by atoms with Crippen LogP contribution in [0.5, 0.6) is 0 Å². The molecular formula is C33H51N5O6. The van der Waals surface area contributed by atoms with Gasteiger partial charge in [0.1, 0.15) is 12.1 Å². The van der Waals surface area contributed by atoms with E-state index in [4.69, 9.17) is 10.5 Å². The lowest BCUT2D eigenvalue weighted by molar-refractivity contribution is -0.144. The number of rotatable bonds is 13. The van der Waals surface area contributed by atoms with Crippen LogP contribution in [0.2, 0.25) is 0 Å². The molecule has 3 aliphatic rings. The van der Waals surface area contributed by atoms with Gasteiger partial charge < -0.3 is 36.4 Å². The van der Waals surface area contributed by atoms with E-state index in [2.05, 4.69) is 29.8 Å². The van der Waals surface area contributed by atoms with Gasteiger partial charge in [-0.3, -0.25) is 14.4 Å². The summed E-state index contributed by atoms with van der Waals surface area (Å²) in [4.78, 5) is 54.7. The standard InChI is InChI=1S/C33H51N5O6/c1-31(2,3)26(36-30(43)37-32(4,5)18-44-17-20-11-9-8-10-12-20)29(42)38-16-21-23(33(21,6)7)24(38)28(41)35-22(15-19-13-14-19)25(39)27(34)40/h8-12,19,21-26,39H,13-18H2,1-7H3,(H2,34,40)(H,35,41)(H2,36,37,43)/t21?,22?,23?,24-,25?,26+/m0/s1. The summed E-state index contributed by atoms with van der Waals surface area (Å²) in [6.07, 6.45) is 0.882. The van der Waals surface area contributed by atoms with Gasteiger partial charge in [0.25, 0.3) is 0 Å². The van der Waals surface area contributed by atoms with E-state index in [9.17, 15) is 24.3 Å². The van der Waals surface area contributed by atoms with Crippen molar-refractivity contribution in [2.24, 2.45) is 34.3 Å². The summed E-state index contributed by atoms with van der Waals surface area (Å²) < 4.78 is 5.85. The van der Waals surface area contributed by atoms with Crippen LogP contribution >= 0.6 is 0 Å². The van der Waals surface area contributed by atoms with Crippen molar-refractivity contribution in [3.05, 3.63) is 35.9 Å². The molecule has 6 atom stereocenters. The molecule has 11 heteroatoms. The van der Waals surface area contributed by atoms with Crippen LogP contribution in [0.15, 0.2) is 30.3 Å². The molecule has 4 unspecified atom stereocenters. The highest BCUT2D eigenvalue weighted by molar-refractivity contribution is 5.94. The fourth-order valence-electron chi connectivity index (χ4n) is 6.58. The minimum Gasteiger partial charge on any atom is -0.381 e. The molecule has 1 aromatic rings. The monoisotopic (exact) mass is 613 g/mol. The summed E-state index contributed by atoms with van der Waals surface area (Å²) in [5.74, 6) is -1.27. The summed E-state index contributed by atoms with van der Waals surface area (Å²) in [6.45, 7) is 14.5. The lowest BCUT2D eigenvalue weighted by Crippen LogP contribution is -2.63. The third-order valence-corrected chi connectivity index (χ3v) is 9.46. The molecule has 0 aromatic heterocycles. The minimum atomic E-state index is -1.51. The molecular weight excluding hydrogens is 562 g/mol.